The second kappa shape index (κ2) is 3.73. The summed E-state index contributed by atoms with van der Waals surface area (Å²) in [5.41, 5.74) is 1.48. The minimum atomic E-state index is 0.114. The van der Waals surface area contributed by atoms with Gasteiger partial charge in [0.05, 0.1) is 18.8 Å². The van der Waals surface area contributed by atoms with Crippen molar-refractivity contribution >= 4 is 11.3 Å². The zero-order chi connectivity index (χ0) is 10.8. The summed E-state index contributed by atoms with van der Waals surface area (Å²) in [5, 5.41) is 4.11. The quantitative estimate of drug-likeness (QED) is 0.717. The summed E-state index contributed by atoms with van der Waals surface area (Å²) in [6.07, 6.45) is 2.15. The molecule has 0 unspecified atom stereocenters. The minimum absolute atomic E-state index is 0.114. The molecule has 0 aliphatic carbocycles. The summed E-state index contributed by atoms with van der Waals surface area (Å²) in [4.78, 5) is 11.6. The van der Waals surface area contributed by atoms with Crippen LogP contribution in [0.1, 0.15) is 23.7 Å². The first kappa shape index (κ1) is 9.71. The number of rotatable bonds is 3. The van der Waals surface area contributed by atoms with E-state index in [1.807, 2.05) is 13.0 Å². The molecule has 2 aromatic rings. The topological polar surface area (TPSA) is 43.6 Å². The molecular weight excluding hydrogens is 192 g/mol. The Labute approximate surface area is 87.5 Å². The fourth-order valence-corrected chi connectivity index (χ4v) is 1.57. The van der Waals surface area contributed by atoms with Gasteiger partial charge in [0.15, 0.2) is 5.78 Å². The van der Waals surface area contributed by atoms with Crippen LogP contribution in [0.5, 0.6) is 5.88 Å². The van der Waals surface area contributed by atoms with Crippen LogP contribution in [0.2, 0.25) is 0 Å². The molecule has 0 aromatic carbocycles. The highest BCUT2D eigenvalue weighted by molar-refractivity contribution is 6.02. The van der Waals surface area contributed by atoms with E-state index in [0.29, 0.717) is 17.9 Å². The number of pyridine rings is 1. The molecule has 4 nitrogen and oxygen atoms in total. The van der Waals surface area contributed by atoms with Gasteiger partial charge in [0.1, 0.15) is 0 Å². The number of ether oxygens (including phenoxy) is 1. The molecule has 0 radical (unpaired) electrons. The molecule has 0 aliphatic rings. The van der Waals surface area contributed by atoms with Crippen molar-refractivity contribution in [2.24, 2.45) is 0 Å². The molecule has 0 amide bonds. The van der Waals surface area contributed by atoms with Gasteiger partial charge in [0.2, 0.25) is 5.88 Å². The molecule has 2 heterocycles. The van der Waals surface area contributed by atoms with Crippen molar-refractivity contribution in [3.8, 4) is 5.88 Å². The SMILES string of the molecule is CCC(=O)c1ccc(OC)n2nccc12. The van der Waals surface area contributed by atoms with E-state index in [2.05, 4.69) is 5.10 Å². The summed E-state index contributed by atoms with van der Waals surface area (Å²) < 4.78 is 6.77. The van der Waals surface area contributed by atoms with Crippen LogP contribution in [-0.2, 0) is 0 Å². The number of carbonyl (C=O) groups excluding carboxylic acids is 1. The van der Waals surface area contributed by atoms with Gasteiger partial charge < -0.3 is 4.74 Å². The fraction of sp³-hybridized carbons (Fsp3) is 0.273. The predicted octanol–water partition coefficient (Wildman–Crippen LogP) is 1.94. The summed E-state index contributed by atoms with van der Waals surface area (Å²) in [6.45, 7) is 1.85. The highest BCUT2D eigenvalue weighted by Crippen LogP contribution is 2.19. The molecule has 0 N–H and O–H groups in total. The highest BCUT2D eigenvalue weighted by Gasteiger charge is 2.11. The summed E-state index contributed by atoms with van der Waals surface area (Å²) >= 11 is 0. The van der Waals surface area contributed by atoms with Gasteiger partial charge in [-0.2, -0.15) is 5.10 Å². The third-order valence-corrected chi connectivity index (χ3v) is 2.35. The standard InChI is InChI=1S/C11H12N2O2/c1-3-10(14)8-4-5-11(15-2)13-9(8)6-7-12-13/h4-7H,3H2,1-2H3. The van der Waals surface area contributed by atoms with Crippen molar-refractivity contribution in [2.45, 2.75) is 13.3 Å². The van der Waals surface area contributed by atoms with Gasteiger partial charge in [0.25, 0.3) is 0 Å². The number of aromatic nitrogens is 2. The third-order valence-electron chi connectivity index (χ3n) is 2.35. The van der Waals surface area contributed by atoms with Crippen LogP contribution in [0.4, 0.5) is 0 Å². The molecule has 2 rings (SSSR count). The maximum absolute atomic E-state index is 11.6. The molecule has 0 spiro atoms. The van der Waals surface area contributed by atoms with Crippen LogP contribution in [0.3, 0.4) is 0 Å². The van der Waals surface area contributed by atoms with Gasteiger partial charge in [0, 0.05) is 18.1 Å². The van der Waals surface area contributed by atoms with Crippen molar-refractivity contribution < 1.29 is 9.53 Å². The summed E-state index contributed by atoms with van der Waals surface area (Å²) in [6, 6.07) is 5.34. The van der Waals surface area contributed by atoms with Crippen molar-refractivity contribution in [1.29, 1.82) is 0 Å². The number of hydrogen-bond donors (Lipinski definition) is 0. The summed E-state index contributed by atoms with van der Waals surface area (Å²) in [7, 11) is 1.58. The van der Waals surface area contributed by atoms with E-state index in [-0.39, 0.29) is 5.78 Å². The monoisotopic (exact) mass is 204 g/mol. The molecule has 0 atom stereocenters. The van der Waals surface area contributed by atoms with Crippen LogP contribution in [0.15, 0.2) is 24.4 Å². The van der Waals surface area contributed by atoms with Gasteiger partial charge in [-0.25, -0.2) is 4.52 Å². The summed E-state index contributed by atoms with van der Waals surface area (Å²) in [5.74, 6) is 0.741. The number of methoxy groups -OCH3 is 1. The predicted molar refractivity (Wildman–Crippen MR) is 56.4 cm³/mol. The Hall–Kier alpha value is -1.84. The number of hydrogen-bond acceptors (Lipinski definition) is 3. The van der Waals surface area contributed by atoms with Crippen molar-refractivity contribution in [3.63, 3.8) is 0 Å². The van der Waals surface area contributed by atoms with Crippen LogP contribution in [0, 0.1) is 0 Å². The smallest absolute Gasteiger partial charge is 0.214 e. The van der Waals surface area contributed by atoms with E-state index >= 15 is 0 Å². The molecule has 0 bridgehead atoms. The number of nitrogens with zero attached hydrogens (tertiary/aromatic N) is 2. The van der Waals surface area contributed by atoms with Crippen LogP contribution in [0.25, 0.3) is 5.52 Å². The number of ketones is 1. The first-order valence-electron chi connectivity index (χ1n) is 4.82. The lowest BCUT2D eigenvalue weighted by atomic mass is 10.1. The van der Waals surface area contributed by atoms with E-state index in [1.54, 1.807) is 30.0 Å². The lowest BCUT2D eigenvalue weighted by molar-refractivity contribution is 0.0989. The first-order valence-corrected chi connectivity index (χ1v) is 4.82. The average Bonchev–Trinajstić information content (AvgIpc) is 2.75. The minimum Gasteiger partial charge on any atom is -0.481 e. The second-order valence-corrected chi connectivity index (χ2v) is 3.19. The lowest BCUT2D eigenvalue weighted by Crippen LogP contribution is -2.03. The Morgan fingerprint density at radius 1 is 1.47 bits per heavy atom. The Bertz CT molecular complexity index is 502. The normalized spacial score (nSPS) is 10.5. The van der Waals surface area contributed by atoms with E-state index in [0.717, 1.165) is 5.52 Å². The van der Waals surface area contributed by atoms with Crippen molar-refractivity contribution in [2.75, 3.05) is 7.11 Å². The molecule has 0 saturated carbocycles. The van der Waals surface area contributed by atoms with E-state index in [4.69, 9.17) is 4.74 Å². The Kier molecular flexibility index (Phi) is 2.41. The second-order valence-electron chi connectivity index (χ2n) is 3.19. The number of Topliss-reactive ketones (excluding diaryl/α,β-unsaturated/α-hetero) is 1. The van der Waals surface area contributed by atoms with Gasteiger partial charge in [-0.1, -0.05) is 6.92 Å². The first-order chi connectivity index (χ1) is 7.27. The highest BCUT2D eigenvalue weighted by atomic mass is 16.5. The van der Waals surface area contributed by atoms with Gasteiger partial charge in [-0.15, -0.1) is 0 Å². The van der Waals surface area contributed by atoms with Gasteiger partial charge in [-0.05, 0) is 12.1 Å². The molecule has 0 aliphatic heterocycles. The molecule has 0 saturated heterocycles. The van der Waals surface area contributed by atoms with Crippen LogP contribution < -0.4 is 4.74 Å². The number of fused-ring (bicyclic) bond motifs is 1. The van der Waals surface area contributed by atoms with Crippen molar-refractivity contribution in [3.05, 3.63) is 30.0 Å². The number of carbonyl (C=O) groups is 1. The largest absolute Gasteiger partial charge is 0.481 e. The molecule has 15 heavy (non-hydrogen) atoms. The lowest BCUT2D eigenvalue weighted by Gasteiger charge is -2.06. The van der Waals surface area contributed by atoms with Crippen LogP contribution in [-0.4, -0.2) is 22.5 Å². The Balaban J connectivity index is 2.68. The van der Waals surface area contributed by atoms with Gasteiger partial charge >= 0.3 is 0 Å². The molecule has 4 heteroatoms. The molecular formula is C11H12N2O2. The molecule has 78 valence electrons. The molecule has 2 aromatic heterocycles. The maximum atomic E-state index is 11.6. The third kappa shape index (κ3) is 1.48. The van der Waals surface area contributed by atoms with E-state index < -0.39 is 0 Å². The molecule has 0 fully saturated rings. The Morgan fingerprint density at radius 3 is 2.93 bits per heavy atom. The van der Waals surface area contributed by atoms with E-state index in [1.165, 1.54) is 0 Å². The zero-order valence-electron chi connectivity index (χ0n) is 8.73. The van der Waals surface area contributed by atoms with E-state index in [9.17, 15) is 4.79 Å². The van der Waals surface area contributed by atoms with Crippen molar-refractivity contribution in [1.82, 2.24) is 9.61 Å². The Morgan fingerprint density at radius 2 is 2.27 bits per heavy atom. The van der Waals surface area contributed by atoms with Gasteiger partial charge in [-0.3, -0.25) is 4.79 Å². The average molecular weight is 204 g/mol. The fourth-order valence-electron chi connectivity index (χ4n) is 1.57. The zero-order valence-corrected chi connectivity index (χ0v) is 8.73. The maximum Gasteiger partial charge on any atom is 0.214 e. The van der Waals surface area contributed by atoms with Crippen LogP contribution >= 0.6 is 0 Å².